The molecule has 9 heavy (non-hydrogen) atoms. The Morgan fingerprint density at radius 3 is 2.11 bits per heavy atom. The van der Waals surface area contributed by atoms with E-state index in [0.717, 1.165) is 25.7 Å². The van der Waals surface area contributed by atoms with E-state index in [9.17, 15) is 9.50 Å². The normalized spacial score (nSPS) is 26.0. The van der Waals surface area contributed by atoms with Crippen LogP contribution in [-0.2, 0) is 5.11 Å². The van der Waals surface area contributed by atoms with Gasteiger partial charge in [0.2, 0.25) is 6.36 Å². The lowest BCUT2D eigenvalue weighted by molar-refractivity contribution is -0.0765. The maximum absolute atomic E-state index is 12.0. The quantitative estimate of drug-likeness (QED) is 0.520. The minimum Gasteiger partial charge on any atom is -0.213 e. The molecule has 1 atom stereocenters. The van der Waals surface area contributed by atoms with Crippen molar-refractivity contribution in [3.05, 3.63) is 0 Å². The van der Waals surface area contributed by atoms with Crippen LogP contribution in [0.2, 0.25) is 0 Å². The molecule has 0 amide bonds. The highest BCUT2D eigenvalue weighted by Crippen LogP contribution is 2.26. The molecule has 2 heteroatoms. The zero-order chi connectivity index (χ0) is 6.69. The summed E-state index contributed by atoms with van der Waals surface area (Å²) in [6.07, 6.45) is 3.09. The molecule has 1 rings (SSSR count). The summed E-state index contributed by atoms with van der Waals surface area (Å²) in [5.74, 6) is -0.168. The van der Waals surface area contributed by atoms with Gasteiger partial charge in [0, 0.05) is 5.92 Å². The van der Waals surface area contributed by atoms with Gasteiger partial charge in [0.1, 0.15) is 0 Å². The molecule has 0 heterocycles. The van der Waals surface area contributed by atoms with Crippen LogP contribution >= 0.6 is 0 Å². The second-order valence-electron chi connectivity index (χ2n) is 2.75. The molecule has 0 saturated heterocycles. The maximum Gasteiger partial charge on any atom is 0.234 e. The van der Waals surface area contributed by atoms with Gasteiger partial charge in [0.05, 0.1) is 0 Å². The van der Waals surface area contributed by atoms with Crippen LogP contribution in [0.1, 0.15) is 32.1 Å². The van der Waals surface area contributed by atoms with Crippen molar-refractivity contribution in [2.45, 2.75) is 38.5 Å². The minimum absolute atomic E-state index is 0.168. The van der Waals surface area contributed by atoms with Crippen LogP contribution in [0.5, 0.6) is 0 Å². The highest BCUT2D eigenvalue weighted by molar-refractivity contribution is 4.66. The average molecular weight is 131 g/mol. The second-order valence-corrected chi connectivity index (χ2v) is 2.75. The van der Waals surface area contributed by atoms with E-state index in [1.54, 1.807) is 0 Å². The average Bonchev–Trinajstić information content (AvgIpc) is 1.90. The minimum atomic E-state index is -1.81. The molecule has 0 aliphatic heterocycles. The van der Waals surface area contributed by atoms with Crippen molar-refractivity contribution in [1.82, 2.24) is 0 Å². The van der Waals surface area contributed by atoms with Gasteiger partial charge >= 0.3 is 0 Å². The molecule has 1 nitrogen and oxygen atoms in total. The fourth-order valence-electron chi connectivity index (χ4n) is 1.40. The molecule has 0 N–H and O–H groups in total. The molecule has 0 aromatic rings. The lowest BCUT2D eigenvalue weighted by atomic mass is 9.89. The third-order valence-electron chi connectivity index (χ3n) is 2.02. The van der Waals surface area contributed by atoms with Gasteiger partial charge < -0.3 is 0 Å². The summed E-state index contributed by atoms with van der Waals surface area (Å²) in [4.78, 5) is 0. The molecule has 1 unspecified atom stereocenters. The zero-order valence-electron chi connectivity index (χ0n) is 5.48. The number of hydrogen-bond acceptors (Lipinski definition) is 0. The molecular formula is C7H12FO. The molecular weight excluding hydrogens is 119 g/mol. The Morgan fingerprint density at radius 1 is 1.22 bits per heavy atom. The van der Waals surface area contributed by atoms with Crippen molar-refractivity contribution in [3.63, 3.8) is 0 Å². The molecule has 53 valence electrons. The summed E-state index contributed by atoms with van der Waals surface area (Å²) in [6, 6.07) is 0. The van der Waals surface area contributed by atoms with Crippen molar-refractivity contribution in [2.24, 2.45) is 5.92 Å². The molecule has 1 aliphatic carbocycles. The van der Waals surface area contributed by atoms with E-state index in [1.807, 2.05) is 0 Å². The van der Waals surface area contributed by atoms with Gasteiger partial charge in [0.15, 0.2) is 0 Å². The van der Waals surface area contributed by atoms with Crippen molar-refractivity contribution < 1.29 is 9.50 Å². The SMILES string of the molecule is [O]C(F)C1CCCCC1. The molecule has 1 aliphatic rings. The van der Waals surface area contributed by atoms with E-state index in [0.29, 0.717) is 0 Å². The van der Waals surface area contributed by atoms with Crippen molar-refractivity contribution in [3.8, 4) is 0 Å². The first-order valence-electron chi connectivity index (χ1n) is 3.60. The summed E-state index contributed by atoms with van der Waals surface area (Å²) < 4.78 is 12.0. The topological polar surface area (TPSA) is 19.9 Å². The van der Waals surface area contributed by atoms with Gasteiger partial charge in [-0.05, 0) is 12.8 Å². The van der Waals surface area contributed by atoms with Gasteiger partial charge in [-0.15, -0.1) is 0 Å². The standard InChI is InChI=1S/C7H12FO/c8-7(9)6-4-2-1-3-5-6/h6-7H,1-5H2. The predicted molar refractivity (Wildman–Crippen MR) is 32.2 cm³/mol. The lowest BCUT2D eigenvalue weighted by Crippen LogP contribution is -2.16. The van der Waals surface area contributed by atoms with E-state index in [2.05, 4.69) is 0 Å². The number of alkyl halides is 1. The largest absolute Gasteiger partial charge is 0.234 e. The Labute approximate surface area is 54.9 Å². The highest BCUT2D eigenvalue weighted by Gasteiger charge is 2.21. The molecule has 1 fully saturated rings. The van der Waals surface area contributed by atoms with Crippen molar-refractivity contribution >= 4 is 0 Å². The van der Waals surface area contributed by atoms with Crippen LogP contribution < -0.4 is 0 Å². The van der Waals surface area contributed by atoms with Crippen LogP contribution in [0.3, 0.4) is 0 Å². The van der Waals surface area contributed by atoms with Crippen molar-refractivity contribution in [2.75, 3.05) is 0 Å². The summed E-state index contributed by atoms with van der Waals surface area (Å²) in [5, 5.41) is 10.2. The van der Waals surface area contributed by atoms with Crippen LogP contribution in [0.25, 0.3) is 0 Å². The summed E-state index contributed by atoms with van der Waals surface area (Å²) in [6.45, 7) is 0. The fourth-order valence-corrected chi connectivity index (χ4v) is 1.40. The molecule has 1 radical (unpaired) electrons. The Kier molecular flexibility index (Phi) is 2.46. The van der Waals surface area contributed by atoms with E-state index in [1.165, 1.54) is 6.42 Å². The molecule has 0 aromatic carbocycles. The zero-order valence-corrected chi connectivity index (χ0v) is 5.48. The number of halogens is 1. The van der Waals surface area contributed by atoms with E-state index in [-0.39, 0.29) is 5.92 Å². The van der Waals surface area contributed by atoms with Crippen LogP contribution in [-0.4, -0.2) is 6.36 Å². The van der Waals surface area contributed by atoms with Crippen molar-refractivity contribution in [1.29, 1.82) is 0 Å². The van der Waals surface area contributed by atoms with Crippen LogP contribution in [0.15, 0.2) is 0 Å². The monoisotopic (exact) mass is 131 g/mol. The fraction of sp³-hybridized carbons (Fsp3) is 1.00. The van der Waals surface area contributed by atoms with E-state index < -0.39 is 6.36 Å². The van der Waals surface area contributed by atoms with E-state index >= 15 is 0 Å². The van der Waals surface area contributed by atoms with Crippen LogP contribution in [0, 0.1) is 5.92 Å². The maximum atomic E-state index is 12.0. The molecule has 1 saturated carbocycles. The first-order valence-corrected chi connectivity index (χ1v) is 3.60. The molecule has 0 aromatic heterocycles. The second kappa shape index (κ2) is 3.16. The number of rotatable bonds is 1. The first-order chi connectivity index (χ1) is 4.30. The summed E-state index contributed by atoms with van der Waals surface area (Å²) in [5.41, 5.74) is 0. The Bertz CT molecular complexity index is 77.0. The van der Waals surface area contributed by atoms with Gasteiger partial charge in [-0.3, -0.25) is 0 Å². The molecule has 0 bridgehead atoms. The smallest absolute Gasteiger partial charge is 0.213 e. The Balaban J connectivity index is 2.23. The van der Waals surface area contributed by atoms with Gasteiger partial charge in [-0.25, -0.2) is 4.39 Å². The van der Waals surface area contributed by atoms with E-state index in [4.69, 9.17) is 0 Å². The third-order valence-corrected chi connectivity index (χ3v) is 2.02. The third kappa shape index (κ3) is 1.94. The Morgan fingerprint density at radius 2 is 1.78 bits per heavy atom. The summed E-state index contributed by atoms with van der Waals surface area (Å²) >= 11 is 0. The predicted octanol–water partition coefficient (Wildman–Crippen LogP) is 2.29. The van der Waals surface area contributed by atoms with Gasteiger partial charge in [-0.2, -0.15) is 5.11 Å². The number of hydrogen-bond donors (Lipinski definition) is 0. The highest BCUT2D eigenvalue weighted by atomic mass is 19.1. The van der Waals surface area contributed by atoms with Crippen LogP contribution in [0.4, 0.5) is 4.39 Å². The first kappa shape index (κ1) is 7.00. The molecule has 0 spiro atoms. The van der Waals surface area contributed by atoms with Gasteiger partial charge in [0.25, 0.3) is 0 Å². The summed E-state index contributed by atoms with van der Waals surface area (Å²) in [7, 11) is 0. The lowest BCUT2D eigenvalue weighted by Gasteiger charge is -2.19. The Hall–Kier alpha value is -0.110. The van der Waals surface area contributed by atoms with Gasteiger partial charge in [-0.1, -0.05) is 19.3 Å².